The normalized spacial score (nSPS) is 9.85. The van der Waals surface area contributed by atoms with Crippen molar-refractivity contribution in [2.45, 2.75) is 6.92 Å². The van der Waals surface area contributed by atoms with Crippen molar-refractivity contribution in [3.63, 3.8) is 0 Å². The van der Waals surface area contributed by atoms with E-state index < -0.39 is 21.1 Å². The van der Waals surface area contributed by atoms with Gasteiger partial charge in [0.25, 0.3) is 5.69 Å². The summed E-state index contributed by atoms with van der Waals surface area (Å²) in [6.07, 6.45) is 0. The van der Waals surface area contributed by atoms with Crippen molar-refractivity contribution in [3.8, 4) is 5.69 Å². The average Bonchev–Trinajstić information content (AvgIpc) is 2.65. The second-order valence-corrected chi connectivity index (χ2v) is 3.68. The third-order valence-corrected chi connectivity index (χ3v) is 2.48. The van der Waals surface area contributed by atoms with Crippen molar-refractivity contribution in [2.24, 2.45) is 0 Å². The number of aromatic nitrogens is 2. The molecule has 0 fully saturated rings. The first kappa shape index (κ1) is 16.1. The first-order valence-corrected chi connectivity index (χ1v) is 5.07. The minimum absolute atomic E-state index is 0. The number of nitrogens with zero attached hydrogens (tertiary/aromatic N) is 4. The van der Waals surface area contributed by atoms with Crippen molar-refractivity contribution in [2.75, 3.05) is 0 Å². The van der Waals surface area contributed by atoms with Crippen LogP contribution in [0.5, 0.6) is 0 Å². The molecule has 2 rings (SSSR count). The maximum Gasteiger partial charge on any atom is 1.00 e. The molecule has 98 valence electrons. The van der Waals surface area contributed by atoms with E-state index in [0.29, 0.717) is 0 Å². The second kappa shape index (κ2) is 5.99. The van der Waals surface area contributed by atoms with E-state index in [4.69, 9.17) is 0 Å². The Bertz CT molecular complexity index is 718. The molecule has 1 aromatic heterocycles. The molecule has 20 heavy (non-hydrogen) atoms. The third kappa shape index (κ3) is 2.79. The first-order chi connectivity index (χ1) is 8.91. The second-order valence-electron chi connectivity index (χ2n) is 3.68. The van der Waals surface area contributed by atoms with E-state index in [1.165, 1.54) is 31.2 Å². The van der Waals surface area contributed by atoms with Gasteiger partial charge in [0.2, 0.25) is 0 Å². The van der Waals surface area contributed by atoms with Gasteiger partial charge in [-0.3, -0.25) is 25.0 Å². The largest absolute Gasteiger partial charge is 1.00 e. The Kier molecular flexibility index (Phi) is 4.82. The number of benzene rings is 1. The van der Waals surface area contributed by atoms with Crippen LogP contribution in [-0.4, -0.2) is 14.5 Å². The Morgan fingerprint density at radius 2 is 1.65 bits per heavy atom. The molecule has 0 radical (unpaired) electrons. The number of nitro groups is 2. The monoisotopic (exact) mass is 286 g/mol. The molecular formula is C10H7N4NaO5. The quantitative estimate of drug-likeness (QED) is 0.362. The molecule has 0 unspecified atom stereocenters. The van der Waals surface area contributed by atoms with Gasteiger partial charge < -0.3 is 9.78 Å². The Labute approximate surface area is 133 Å². The van der Waals surface area contributed by atoms with Crippen molar-refractivity contribution in [3.05, 3.63) is 60.5 Å². The van der Waals surface area contributed by atoms with E-state index in [-0.39, 0.29) is 46.6 Å². The summed E-state index contributed by atoms with van der Waals surface area (Å²) in [7, 11) is 0. The van der Waals surface area contributed by atoms with Gasteiger partial charge in [0, 0.05) is 17.8 Å². The Morgan fingerprint density at radius 1 is 1.10 bits per heavy atom. The van der Waals surface area contributed by atoms with Crippen molar-refractivity contribution < 1.29 is 39.4 Å². The SMILES string of the molecule is Cc1[n-]n(-c2ccc([N+](=O)[O-])cc2)c(=O)c1[N+](=O)[O-].[Na+]. The van der Waals surface area contributed by atoms with Crippen LogP contribution in [0.25, 0.3) is 5.69 Å². The molecule has 0 aliphatic rings. The predicted molar refractivity (Wildman–Crippen MR) is 63.4 cm³/mol. The van der Waals surface area contributed by atoms with Gasteiger partial charge in [0.1, 0.15) is 0 Å². The number of non-ortho nitro benzene ring substituents is 1. The van der Waals surface area contributed by atoms with Crippen LogP contribution < -0.4 is 40.2 Å². The summed E-state index contributed by atoms with van der Waals surface area (Å²) in [5.74, 6) is 0. The molecule has 0 amide bonds. The summed E-state index contributed by atoms with van der Waals surface area (Å²) in [5.41, 5.74) is -1.38. The van der Waals surface area contributed by atoms with E-state index in [0.717, 1.165) is 4.68 Å². The van der Waals surface area contributed by atoms with Gasteiger partial charge in [-0.15, -0.1) is 0 Å². The molecule has 9 nitrogen and oxygen atoms in total. The van der Waals surface area contributed by atoms with E-state index >= 15 is 0 Å². The maximum absolute atomic E-state index is 11.8. The molecule has 0 atom stereocenters. The molecule has 1 aromatic carbocycles. The summed E-state index contributed by atoms with van der Waals surface area (Å²) in [5, 5.41) is 25.0. The van der Waals surface area contributed by atoms with Gasteiger partial charge in [-0.1, -0.05) is 12.6 Å². The van der Waals surface area contributed by atoms with Gasteiger partial charge in [-0.25, -0.2) is 0 Å². The molecule has 1 heterocycles. The standard InChI is InChI=1S/C10H8N4O5.Na/c1-6-9(14(18)19)10(15)12(11-6)7-2-4-8(5-3-7)13(16)17;/h2-5H,1H3,(H,11,15);/q;+1/p-1. The van der Waals surface area contributed by atoms with Crippen molar-refractivity contribution >= 4 is 11.4 Å². The number of aryl methyl sites for hydroxylation is 1. The minimum atomic E-state index is -0.864. The Balaban J connectivity index is 0.00000200. The molecule has 0 spiro atoms. The molecule has 0 aliphatic carbocycles. The first-order valence-electron chi connectivity index (χ1n) is 5.07. The number of hydrogen-bond acceptors (Lipinski definition) is 5. The van der Waals surface area contributed by atoms with Crippen LogP contribution in [-0.2, 0) is 0 Å². The average molecular weight is 286 g/mol. The molecule has 0 bridgehead atoms. The van der Waals surface area contributed by atoms with Crippen LogP contribution in [0.2, 0.25) is 0 Å². The van der Waals surface area contributed by atoms with E-state index in [2.05, 4.69) is 5.10 Å². The predicted octanol–water partition coefficient (Wildman–Crippen LogP) is -2.08. The molecule has 10 heteroatoms. The van der Waals surface area contributed by atoms with Crippen LogP contribution in [0, 0.1) is 27.2 Å². The Hall–Kier alpha value is -1.97. The molecule has 0 saturated heterocycles. The van der Waals surface area contributed by atoms with Gasteiger partial charge in [-0.2, -0.15) is 0 Å². The van der Waals surface area contributed by atoms with E-state index in [9.17, 15) is 25.0 Å². The van der Waals surface area contributed by atoms with Gasteiger partial charge in [-0.05, 0) is 12.1 Å². The number of nitro benzene ring substituents is 1. The summed E-state index contributed by atoms with van der Waals surface area (Å²) in [6, 6.07) is 4.99. The van der Waals surface area contributed by atoms with Crippen LogP contribution in [0.3, 0.4) is 0 Å². The smallest absolute Gasteiger partial charge is 0.585 e. The summed E-state index contributed by atoms with van der Waals surface area (Å²) in [6.45, 7) is 1.35. The molecule has 0 aliphatic heterocycles. The summed E-state index contributed by atoms with van der Waals surface area (Å²) >= 11 is 0. The molecular weight excluding hydrogens is 279 g/mol. The zero-order valence-electron chi connectivity index (χ0n) is 10.6. The van der Waals surface area contributed by atoms with Crippen molar-refractivity contribution in [1.82, 2.24) is 9.78 Å². The fourth-order valence-corrected chi connectivity index (χ4v) is 1.60. The topological polar surface area (TPSA) is 122 Å². The summed E-state index contributed by atoms with van der Waals surface area (Å²) < 4.78 is 0.844. The van der Waals surface area contributed by atoms with Crippen molar-refractivity contribution in [1.29, 1.82) is 0 Å². The van der Waals surface area contributed by atoms with Gasteiger partial charge in [0.05, 0.1) is 9.85 Å². The fraction of sp³-hybridized carbons (Fsp3) is 0.100. The van der Waals surface area contributed by atoms with Gasteiger partial charge >= 0.3 is 40.8 Å². The Morgan fingerprint density at radius 3 is 2.05 bits per heavy atom. The minimum Gasteiger partial charge on any atom is -0.585 e. The molecule has 2 aromatic rings. The zero-order chi connectivity index (χ0) is 14.2. The van der Waals surface area contributed by atoms with Crippen LogP contribution >= 0.6 is 0 Å². The van der Waals surface area contributed by atoms with Gasteiger partial charge in [0.15, 0.2) is 0 Å². The third-order valence-electron chi connectivity index (χ3n) is 2.48. The maximum atomic E-state index is 11.8. The number of rotatable bonds is 3. The molecule has 0 N–H and O–H groups in total. The summed E-state index contributed by atoms with van der Waals surface area (Å²) in [4.78, 5) is 31.6. The zero-order valence-corrected chi connectivity index (χ0v) is 12.6. The molecule has 0 saturated carbocycles. The fourth-order valence-electron chi connectivity index (χ4n) is 1.60. The van der Waals surface area contributed by atoms with Crippen LogP contribution in [0.1, 0.15) is 5.69 Å². The van der Waals surface area contributed by atoms with E-state index in [1.54, 1.807) is 0 Å². The van der Waals surface area contributed by atoms with Crippen LogP contribution in [0.15, 0.2) is 29.1 Å². The van der Waals surface area contributed by atoms with Crippen LogP contribution in [0.4, 0.5) is 11.4 Å². The van der Waals surface area contributed by atoms with E-state index in [1.807, 2.05) is 0 Å². The number of hydrogen-bond donors (Lipinski definition) is 0.